The van der Waals surface area contributed by atoms with Crippen molar-refractivity contribution < 1.29 is 14.0 Å². The molecule has 27 heavy (non-hydrogen) atoms. The number of hydrogen-bond donors (Lipinski definition) is 1. The Labute approximate surface area is 156 Å². The van der Waals surface area contributed by atoms with Crippen molar-refractivity contribution in [2.45, 2.75) is 31.7 Å². The van der Waals surface area contributed by atoms with Crippen molar-refractivity contribution in [3.05, 3.63) is 53.9 Å². The van der Waals surface area contributed by atoms with E-state index in [2.05, 4.69) is 9.97 Å². The second-order valence-corrected chi connectivity index (χ2v) is 6.93. The van der Waals surface area contributed by atoms with Gasteiger partial charge in [-0.05, 0) is 43.2 Å². The lowest BCUT2D eigenvalue weighted by Crippen LogP contribution is -2.38. The molecule has 1 aliphatic rings. The van der Waals surface area contributed by atoms with Gasteiger partial charge in [-0.1, -0.05) is 0 Å². The molecule has 7 heteroatoms. The summed E-state index contributed by atoms with van der Waals surface area (Å²) in [6, 6.07) is 8.09. The van der Waals surface area contributed by atoms with Gasteiger partial charge in [-0.3, -0.25) is 9.59 Å². The molecule has 1 fully saturated rings. The molecule has 1 amide bonds. The highest BCUT2D eigenvalue weighted by molar-refractivity contribution is 5.77. The van der Waals surface area contributed by atoms with E-state index in [9.17, 15) is 14.0 Å². The van der Waals surface area contributed by atoms with Crippen LogP contribution < -0.4 is 0 Å². The molecule has 1 N–H and O–H groups in total. The van der Waals surface area contributed by atoms with Gasteiger partial charge < -0.3 is 14.5 Å². The number of rotatable bonds is 5. The van der Waals surface area contributed by atoms with Crippen LogP contribution in [0.5, 0.6) is 0 Å². The van der Waals surface area contributed by atoms with Gasteiger partial charge in [0.2, 0.25) is 5.91 Å². The van der Waals surface area contributed by atoms with Gasteiger partial charge in [-0.2, -0.15) is 0 Å². The molecule has 1 aromatic carbocycles. The number of aldehydes is 1. The van der Waals surface area contributed by atoms with Crippen molar-refractivity contribution in [2.75, 3.05) is 13.1 Å². The predicted molar refractivity (Wildman–Crippen MR) is 99.0 cm³/mol. The maximum Gasteiger partial charge on any atom is 0.224 e. The third-order valence-corrected chi connectivity index (χ3v) is 5.25. The number of carbonyl (C=O) groups excluding carboxylic acids is 2. The first kappa shape index (κ1) is 17.5. The van der Waals surface area contributed by atoms with Gasteiger partial charge in [-0.25, -0.2) is 9.37 Å². The van der Waals surface area contributed by atoms with Crippen LogP contribution in [0.2, 0.25) is 0 Å². The smallest absolute Gasteiger partial charge is 0.224 e. The molecule has 3 heterocycles. The zero-order valence-corrected chi connectivity index (χ0v) is 14.9. The largest absolute Gasteiger partial charge is 0.345 e. The Bertz CT molecular complexity index is 969. The van der Waals surface area contributed by atoms with Crippen LogP contribution >= 0.6 is 0 Å². The van der Waals surface area contributed by atoms with Crippen LogP contribution in [-0.4, -0.2) is 44.7 Å². The minimum atomic E-state index is -0.279. The van der Waals surface area contributed by atoms with Crippen LogP contribution in [0.3, 0.4) is 0 Å². The lowest BCUT2D eigenvalue weighted by molar-refractivity contribution is -0.132. The number of aryl methyl sites for hydroxylation is 1. The number of carbonyl (C=O) groups is 2. The number of imidazole rings is 1. The van der Waals surface area contributed by atoms with E-state index < -0.39 is 0 Å². The molecule has 0 spiro atoms. The molecule has 4 rings (SSSR count). The fourth-order valence-corrected chi connectivity index (χ4v) is 3.71. The first-order valence-electron chi connectivity index (χ1n) is 9.17. The van der Waals surface area contributed by atoms with E-state index in [-0.39, 0.29) is 17.6 Å². The number of piperidine rings is 1. The summed E-state index contributed by atoms with van der Waals surface area (Å²) in [5.41, 5.74) is 2.06. The predicted octanol–water partition coefficient (Wildman–Crippen LogP) is 3.11. The van der Waals surface area contributed by atoms with Crippen LogP contribution in [-0.2, 0) is 11.3 Å². The number of hydrogen-bond acceptors (Lipinski definition) is 3. The Balaban J connectivity index is 1.33. The SMILES string of the molecule is O=Cc1cccn1CCC(=O)N1CCC(c2nc3ccc(F)cc3[nH]2)CC1. The molecule has 3 aromatic rings. The van der Waals surface area contributed by atoms with E-state index in [0.717, 1.165) is 30.5 Å². The molecular formula is C20H21FN4O2. The fourth-order valence-electron chi connectivity index (χ4n) is 3.71. The van der Waals surface area contributed by atoms with Gasteiger partial charge in [0.1, 0.15) is 11.6 Å². The molecule has 2 aromatic heterocycles. The Hall–Kier alpha value is -2.96. The van der Waals surface area contributed by atoms with Crippen molar-refractivity contribution in [3.8, 4) is 0 Å². The molecule has 140 valence electrons. The van der Waals surface area contributed by atoms with Gasteiger partial charge in [-0.15, -0.1) is 0 Å². The summed E-state index contributed by atoms with van der Waals surface area (Å²) in [5.74, 6) is 0.936. The standard InChI is InChI=1S/C20H21FN4O2/c21-15-3-4-17-18(12-15)23-20(22-17)14-5-9-25(10-6-14)19(27)7-11-24-8-1-2-16(24)13-26/h1-4,8,12-14H,5-7,9-11H2,(H,22,23). The zero-order valence-electron chi connectivity index (χ0n) is 14.9. The van der Waals surface area contributed by atoms with E-state index >= 15 is 0 Å². The molecular weight excluding hydrogens is 347 g/mol. The summed E-state index contributed by atoms with van der Waals surface area (Å²) in [5, 5.41) is 0. The van der Waals surface area contributed by atoms with Gasteiger partial charge in [0.25, 0.3) is 0 Å². The number of nitrogens with one attached hydrogen (secondary N) is 1. The zero-order chi connectivity index (χ0) is 18.8. The Morgan fingerprint density at radius 2 is 2.11 bits per heavy atom. The monoisotopic (exact) mass is 368 g/mol. The van der Waals surface area contributed by atoms with E-state index in [1.807, 2.05) is 11.1 Å². The highest BCUT2D eigenvalue weighted by atomic mass is 19.1. The molecule has 0 saturated carbocycles. The quantitative estimate of drug-likeness (QED) is 0.704. The maximum atomic E-state index is 13.3. The van der Waals surface area contributed by atoms with Crippen LogP contribution in [0.4, 0.5) is 4.39 Å². The number of halogens is 1. The first-order valence-corrected chi connectivity index (χ1v) is 9.17. The summed E-state index contributed by atoms with van der Waals surface area (Å²) >= 11 is 0. The highest BCUT2D eigenvalue weighted by Crippen LogP contribution is 2.28. The third kappa shape index (κ3) is 3.63. The average Bonchev–Trinajstić information content (AvgIpc) is 3.32. The fraction of sp³-hybridized carbons (Fsp3) is 0.350. The number of aromatic amines is 1. The normalized spacial score (nSPS) is 15.4. The number of H-pyrrole nitrogens is 1. The van der Waals surface area contributed by atoms with Crippen LogP contribution in [0.25, 0.3) is 11.0 Å². The average molecular weight is 368 g/mol. The topological polar surface area (TPSA) is 71.0 Å². The summed E-state index contributed by atoms with van der Waals surface area (Å²) in [4.78, 5) is 33.1. The lowest BCUT2D eigenvalue weighted by Gasteiger charge is -2.31. The van der Waals surface area contributed by atoms with Crippen LogP contribution in [0.15, 0.2) is 36.5 Å². The number of nitrogens with zero attached hydrogens (tertiary/aromatic N) is 3. The molecule has 0 unspecified atom stereocenters. The summed E-state index contributed by atoms with van der Waals surface area (Å²) in [7, 11) is 0. The number of likely N-dealkylation sites (tertiary alicyclic amines) is 1. The van der Waals surface area contributed by atoms with E-state index in [1.54, 1.807) is 22.8 Å². The second-order valence-electron chi connectivity index (χ2n) is 6.93. The molecule has 0 atom stereocenters. The summed E-state index contributed by atoms with van der Waals surface area (Å²) in [6.45, 7) is 1.87. The second kappa shape index (κ2) is 7.34. The van der Waals surface area contributed by atoms with Crippen molar-refractivity contribution in [1.82, 2.24) is 19.4 Å². The van der Waals surface area contributed by atoms with Gasteiger partial charge >= 0.3 is 0 Å². The number of benzene rings is 1. The molecule has 0 aliphatic carbocycles. The minimum Gasteiger partial charge on any atom is -0.345 e. The Morgan fingerprint density at radius 1 is 1.30 bits per heavy atom. The third-order valence-electron chi connectivity index (χ3n) is 5.25. The number of fused-ring (bicyclic) bond motifs is 1. The van der Waals surface area contributed by atoms with Crippen molar-refractivity contribution in [2.24, 2.45) is 0 Å². The summed E-state index contributed by atoms with van der Waals surface area (Å²) < 4.78 is 15.1. The number of aromatic nitrogens is 3. The maximum absolute atomic E-state index is 13.3. The molecule has 6 nitrogen and oxygen atoms in total. The molecule has 0 bridgehead atoms. The number of amides is 1. The van der Waals surface area contributed by atoms with Gasteiger partial charge in [0.15, 0.2) is 6.29 Å². The van der Waals surface area contributed by atoms with Crippen molar-refractivity contribution in [3.63, 3.8) is 0 Å². The van der Waals surface area contributed by atoms with Crippen molar-refractivity contribution in [1.29, 1.82) is 0 Å². The Morgan fingerprint density at radius 3 is 2.89 bits per heavy atom. The molecule has 1 saturated heterocycles. The van der Waals surface area contributed by atoms with E-state index in [1.165, 1.54) is 12.1 Å². The minimum absolute atomic E-state index is 0.102. The van der Waals surface area contributed by atoms with Gasteiger partial charge in [0, 0.05) is 38.2 Å². The first-order chi connectivity index (χ1) is 13.1. The molecule has 1 aliphatic heterocycles. The van der Waals surface area contributed by atoms with E-state index in [0.29, 0.717) is 37.3 Å². The van der Waals surface area contributed by atoms with Gasteiger partial charge in [0.05, 0.1) is 16.7 Å². The Kier molecular flexibility index (Phi) is 4.75. The van der Waals surface area contributed by atoms with E-state index in [4.69, 9.17) is 0 Å². The summed E-state index contributed by atoms with van der Waals surface area (Å²) in [6.07, 6.45) is 4.65. The lowest BCUT2D eigenvalue weighted by atomic mass is 9.96. The highest BCUT2D eigenvalue weighted by Gasteiger charge is 2.25. The molecule has 0 radical (unpaired) electrons. The van der Waals surface area contributed by atoms with Crippen LogP contribution in [0.1, 0.15) is 41.5 Å². The van der Waals surface area contributed by atoms with Crippen LogP contribution in [0, 0.1) is 5.82 Å². The van der Waals surface area contributed by atoms with Crippen molar-refractivity contribution >= 4 is 23.2 Å².